The normalized spacial score (nSPS) is 22.9. The van der Waals surface area contributed by atoms with Crippen molar-refractivity contribution in [2.24, 2.45) is 17.6 Å². The van der Waals surface area contributed by atoms with E-state index in [0.717, 1.165) is 47.6 Å². The number of hydrogen-bond donors (Lipinski definition) is 3. The van der Waals surface area contributed by atoms with Crippen LogP contribution in [0.3, 0.4) is 0 Å². The minimum absolute atomic E-state index is 0.138. The molecule has 5 N–H and O–H groups in total. The first-order valence-corrected chi connectivity index (χ1v) is 12.0. The van der Waals surface area contributed by atoms with Crippen molar-refractivity contribution in [1.29, 1.82) is 5.41 Å². The Kier molecular flexibility index (Phi) is 5.15. The summed E-state index contributed by atoms with van der Waals surface area (Å²) in [5, 5.41) is 13.9. The summed E-state index contributed by atoms with van der Waals surface area (Å²) in [6, 6.07) is 9.55. The van der Waals surface area contributed by atoms with Gasteiger partial charge < -0.3 is 25.6 Å². The number of pyridine rings is 1. The summed E-state index contributed by atoms with van der Waals surface area (Å²) >= 11 is 0. The molecule has 2 aliphatic rings. The molecule has 1 aliphatic carbocycles. The van der Waals surface area contributed by atoms with E-state index in [1.165, 1.54) is 0 Å². The predicted octanol–water partition coefficient (Wildman–Crippen LogP) is 2.68. The Morgan fingerprint density at radius 3 is 2.81 bits per heavy atom. The summed E-state index contributed by atoms with van der Waals surface area (Å²) < 4.78 is 10.6. The predicted molar refractivity (Wildman–Crippen MR) is 136 cm³/mol. The summed E-state index contributed by atoms with van der Waals surface area (Å²) in [7, 11) is 1.62. The quantitative estimate of drug-likeness (QED) is 0.351. The van der Waals surface area contributed by atoms with Crippen molar-refractivity contribution in [3.8, 4) is 5.75 Å². The second-order valence-electron chi connectivity index (χ2n) is 9.63. The molecule has 10 heteroatoms. The van der Waals surface area contributed by atoms with Crippen LogP contribution < -0.4 is 21.1 Å². The third-order valence-corrected chi connectivity index (χ3v) is 7.80. The maximum atomic E-state index is 8.70. The van der Waals surface area contributed by atoms with Gasteiger partial charge in [0, 0.05) is 54.3 Å². The van der Waals surface area contributed by atoms with Gasteiger partial charge in [-0.3, -0.25) is 10.4 Å². The number of rotatable bonds is 6. The van der Waals surface area contributed by atoms with Gasteiger partial charge in [0.1, 0.15) is 23.0 Å². The van der Waals surface area contributed by atoms with Crippen LogP contribution in [0.15, 0.2) is 47.2 Å². The SMILES string of the molecule is COc1ccc2cc(C(=N)c3ncc(N4CC[C@@H]5[C@H](C4)[C@@]5(CN)c4cc(C)on4)nc3N)cnc2c1. The second-order valence-corrected chi connectivity index (χ2v) is 9.63. The number of methoxy groups -OCH3 is 1. The fourth-order valence-electron chi connectivity index (χ4n) is 5.80. The minimum atomic E-state index is -0.138. The largest absolute Gasteiger partial charge is 0.497 e. The molecule has 3 atom stereocenters. The summed E-state index contributed by atoms with van der Waals surface area (Å²) in [5.41, 5.74) is 15.3. The molecule has 10 nitrogen and oxygen atoms in total. The van der Waals surface area contributed by atoms with E-state index in [4.69, 9.17) is 26.1 Å². The molecule has 0 radical (unpaired) electrons. The summed E-state index contributed by atoms with van der Waals surface area (Å²) in [5.74, 6) is 3.34. The number of fused-ring (bicyclic) bond motifs is 2. The highest BCUT2D eigenvalue weighted by molar-refractivity contribution is 6.13. The van der Waals surface area contributed by atoms with Crippen molar-refractivity contribution in [2.75, 3.05) is 37.4 Å². The smallest absolute Gasteiger partial charge is 0.154 e. The van der Waals surface area contributed by atoms with E-state index in [1.807, 2.05) is 37.3 Å². The molecule has 2 fully saturated rings. The standard InChI is InChI=1S/C26H28N8O2/c1-14-7-21(33-36-14)26(13-27)18-5-6-34(12-19(18)26)22-11-31-24(25(29)32-22)23(28)16-8-15-3-4-17(35-2)9-20(15)30-10-16/h3-4,7-11,18-19,28H,5-6,12-13,27H2,1-2H3,(H2,29,32)/t18-,19+,26+/m1/s1. The zero-order chi connectivity index (χ0) is 25.0. The number of aromatic nitrogens is 4. The van der Waals surface area contributed by atoms with Gasteiger partial charge in [0.2, 0.25) is 0 Å². The van der Waals surface area contributed by atoms with Crippen LogP contribution in [0.2, 0.25) is 0 Å². The number of ether oxygens (including phenoxy) is 1. The molecule has 1 aromatic carbocycles. The highest BCUT2D eigenvalue weighted by atomic mass is 16.5. The lowest BCUT2D eigenvalue weighted by atomic mass is 9.97. The number of nitrogens with two attached hydrogens (primary N) is 2. The number of piperidine rings is 1. The van der Waals surface area contributed by atoms with E-state index in [9.17, 15) is 0 Å². The van der Waals surface area contributed by atoms with Crippen LogP contribution in [0, 0.1) is 24.2 Å². The first-order chi connectivity index (χ1) is 17.4. The lowest BCUT2D eigenvalue weighted by molar-refractivity contribution is 0.379. The number of anilines is 2. The molecule has 36 heavy (non-hydrogen) atoms. The van der Waals surface area contributed by atoms with Gasteiger partial charge in [-0.05, 0) is 43.4 Å². The van der Waals surface area contributed by atoms with Gasteiger partial charge >= 0.3 is 0 Å². The molecule has 1 aliphatic heterocycles. The number of nitrogens with zero attached hydrogens (tertiary/aromatic N) is 5. The Morgan fingerprint density at radius 1 is 1.22 bits per heavy atom. The second kappa shape index (κ2) is 8.27. The average molecular weight is 485 g/mol. The third kappa shape index (κ3) is 3.40. The third-order valence-electron chi connectivity index (χ3n) is 7.80. The summed E-state index contributed by atoms with van der Waals surface area (Å²) in [4.78, 5) is 15.8. The Balaban J connectivity index is 1.22. The van der Waals surface area contributed by atoms with Crippen LogP contribution in [-0.2, 0) is 5.41 Å². The molecule has 4 heterocycles. The van der Waals surface area contributed by atoms with Crippen molar-refractivity contribution >= 4 is 28.3 Å². The molecule has 6 rings (SSSR count). The van der Waals surface area contributed by atoms with Gasteiger partial charge in [-0.2, -0.15) is 0 Å². The Bertz CT molecular complexity index is 1480. The molecular weight excluding hydrogens is 456 g/mol. The zero-order valence-electron chi connectivity index (χ0n) is 20.2. The Morgan fingerprint density at radius 2 is 2.08 bits per heavy atom. The van der Waals surface area contributed by atoms with Crippen molar-refractivity contribution in [3.63, 3.8) is 0 Å². The summed E-state index contributed by atoms with van der Waals surface area (Å²) in [6.07, 6.45) is 4.34. The average Bonchev–Trinajstić information content (AvgIpc) is 3.36. The Labute approximate surface area is 208 Å². The van der Waals surface area contributed by atoms with Crippen LogP contribution in [-0.4, -0.2) is 52.6 Å². The van der Waals surface area contributed by atoms with Crippen molar-refractivity contribution in [2.45, 2.75) is 18.8 Å². The van der Waals surface area contributed by atoms with Crippen molar-refractivity contribution < 1.29 is 9.26 Å². The lowest BCUT2D eigenvalue weighted by Crippen LogP contribution is -2.33. The van der Waals surface area contributed by atoms with Crippen molar-refractivity contribution in [3.05, 3.63) is 65.4 Å². The number of nitrogen functional groups attached to an aromatic ring is 1. The molecule has 184 valence electrons. The fourth-order valence-corrected chi connectivity index (χ4v) is 5.80. The van der Waals surface area contributed by atoms with Crippen LogP contribution in [0.25, 0.3) is 10.9 Å². The molecule has 1 saturated heterocycles. The maximum absolute atomic E-state index is 8.70. The highest BCUT2D eigenvalue weighted by Gasteiger charge is 2.67. The molecule has 0 amide bonds. The summed E-state index contributed by atoms with van der Waals surface area (Å²) in [6.45, 7) is 4.08. The van der Waals surface area contributed by atoms with Crippen LogP contribution >= 0.6 is 0 Å². The first kappa shape index (κ1) is 22.4. The van der Waals surface area contributed by atoms with Crippen LogP contribution in [0.1, 0.15) is 29.1 Å². The number of aryl methyl sites for hydroxylation is 1. The van der Waals surface area contributed by atoms with E-state index in [-0.39, 0.29) is 16.9 Å². The van der Waals surface area contributed by atoms with E-state index in [1.54, 1.807) is 19.5 Å². The first-order valence-electron chi connectivity index (χ1n) is 12.0. The number of hydrogen-bond acceptors (Lipinski definition) is 10. The molecule has 1 saturated carbocycles. The van der Waals surface area contributed by atoms with Gasteiger partial charge in [-0.1, -0.05) is 5.16 Å². The number of nitrogens with one attached hydrogen (secondary N) is 1. The molecule has 0 bridgehead atoms. The van der Waals surface area contributed by atoms with Gasteiger partial charge in [0.15, 0.2) is 5.82 Å². The lowest BCUT2D eigenvalue weighted by Gasteiger charge is -2.27. The van der Waals surface area contributed by atoms with E-state index >= 15 is 0 Å². The minimum Gasteiger partial charge on any atom is -0.497 e. The van der Waals surface area contributed by atoms with Gasteiger partial charge in [-0.25, -0.2) is 9.97 Å². The molecule has 0 spiro atoms. The van der Waals surface area contributed by atoms with Gasteiger partial charge in [-0.15, -0.1) is 0 Å². The zero-order valence-corrected chi connectivity index (χ0v) is 20.2. The van der Waals surface area contributed by atoms with E-state index in [0.29, 0.717) is 35.5 Å². The van der Waals surface area contributed by atoms with E-state index in [2.05, 4.69) is 25.0 Å². The maximum Gasteiger partial charge on any atom is 0.154 e. The monoisotopic (exact) mass is 484 g/mol. The molecule has 0 unspecified atom stereocenters. The molecular formula is C26H28N8O2. The van der Waals surface area contributed by atoms with Gasteiger partial charge in [0.25, 0.3) is 0 Å². The molecule has 4 aromatic rings. The van der Waals surface area contributed by atoms with Crippen LogP contribution in [0.5, 0.6) is 5.75 Å². The van der Waals surface area contributed by atoms with Crippen LogP contribution in [0.4, 0.5) is 11.6 Å². The van der Waals surface area contributed by atoms with Crippen molar-refractivity contribution in [1.82, 2.24) is 20.1 Å². The number of benzene rings is 1. The topological polar surface area (TPSA) is 153 Å². The Hall–Kier alpha value is -4.05. The van der Waals surface area contributed by atoms with E-state index < -0.39 is 0 Å². The van der Waals surface area contributed by atoms with Gasteiger partial charge in [0.05, 0.1) is 30.2 Å². The molecule has 3 aromatic heterocycles. The highest BCUT2D eigenvalue weighted by Crippen LogP contribution is 2.62. The fraction of sp³-hybridized carbons (Fsp3) is 0.346.